The van der Waals surface area contributed by atoms with Gasteiger partial charge < -0.3 is 48.7 Å². The molecule has 2 N–H and O–H groups in total. The number of hydrogen-bond acceptors (Lipinski definition) is 26. The molecule has 0 bridgehead atoms. The molecule has 0 radical (unpaired) electrons. The second kappa shape index (κ2) is 32.1. The molecule has 3 aromatic carbocycles. The third-order valence-corrected chi connectivity index (χ3v) is 19.0. The third kappa shape index (κ3) is 15.1. The van der Waals surface area contributed by atoms with E-state index in [1.807, 2.05) is 40.1 Å². The Bertz CT molecular complexity index is 4950. The lowest BCUT2D eigenvalue weighted by molar-refractivity contribution is 0.122. The SMILES string of the molecule is C1=NCc2ncnc(N3CCOCC3)c21.CC(C)Oc1ccc(C2=NCc3ncnc(N4CCOCC4)c32)cc1F.CC1=NCc2ncnc(N3CCOCC3)c21.CNc1ncnc2c1C(I)=NC2.CNc1ncnc2c1c(I)nn2C(C)c1oc2cccc(F)c2c(=O)c1-c1cccc(F)c1. The first-order valence-electron chi connectivity index (χ1n) is 33.0. The number of ether oxygens (including phenoxy) is 4. The van der Waals surface area contributed by atoms with E-state index in [-0.39, 0.29) is 39.7 Å². The van der Waals surface area contributed by atoms with Crippen molar-refractivity contribution in [3.05, 3.63) is 180 Å². The van der Waals surface area contributed by atoms with Crippen LogP contribution in [0.15, 0.2) is 121 Å². The quantitative estimate of drug-likeness (QED) is 0.114. The number of halogens is 5. The average Bonchev–Trinajstić information content (AvgIpc) is 1.27. The predicted molar refractivity (Wildman–Crippen MR) is 399 cm³/mol. The van der Waals surface area contributed by atoms with Crippen molar-refractivity contribution in [2.45, 2.75) is 66.0 Å². The molecule has 1 atom stereocenters. The second-order valence-electron chi connectivity index (χ2n) is 24.0. The largest absolute Gasteiger partial charge is 0.488 e. The Morgan fingerprint density at radius 1 is 0.559 bits per heavy atom. The van der Waals surface area contributed by atoms with Gasteiger partial charge in [-0.05, 0) is 121 Å². The van der Waals surface area contributed by atoms with Crippen molar-refractivity contribution in [3.63, 3.8) is 0 Å². The number of aliphatic imine (C=N–C) groups is 4. The molecule has 27 nitrogen and oxygen atoms in total. The minimum atomic E-state index is -0.705. The zero-order valence-corrected chi connectivity index (χ0v) is 60.9. The number of hydrogen-bond donors (Lipinski definition) is 2. The Kier molecular flexibility index (Phi) is 22.3. The zero-order valence-electron chi connectivity index (χ0n) is 56.5. The molecular weight excluding hydrogens is 1540 g/mol. The molecule has 32 heteroatoms. The maximum absolute atomic E-state index is 14.6. The van der Waals surface area contributed by atoms with Crippen molar-refractivity contribution in [2.24, 2.45) is 20.0 Å². The fourth-order valence-corrected chi connectivity index (χ4v) is 13.9. The lowest BCUT2D eigenvalue weighted by Crippen LogP contribution is -2.37. The first-order valence-corrected chi connectivity index (χ1v) is 35.1. The van der Waals surface area contributed by atoms with Gasteiger partial charge in [0.1, 0.15) is 103 Å². The Hall–Kier alpha value is -9.65. The fraction of sp³-hybridized carbons (Fsp3) is 0.343. The summed E-state index contributed by atoms with van der Waals surface area (Å²) in [6.07, 6.45) is 9.60. The van der Waals surface area contributed by atoms with E-state index < -0.39 is 28.9 Å². The van der Waals surface area contributed by atoms with E-state index in [4.69, 9.17) is 23.4 Å². The molecule has 7 aliphatic heterocycles. The van der Waals surface area contributed by atoms with Crippen LogP contribution in [0.5, 0.6) is 5.75 Å². The summed E-state index contributed by atoms with van der Waals surface area (Å²) in [5.74, 6) is 3.19. The molecule has 0 amide bonds. The summed E-state index contributed by atoms with van der Waals surface area (Å²) in [5, 5.41) is 11.2. The van der Waals surface area contributed by atoms with Gasteiger partial charge in [0.25, 0.3) is 0 Å². The highest BCUT2D eigenvalue weighted by Crippen LogP contribution is 2.37. The number of rotatable bonds is 11. The molecule has 1 unspecified atom stereocenters. The number of nitrogens with one attached hydrogen (secondary N) is 2. The number of anilines is 5. The number of morpholine rings is 3. The maximum atomic E-state index is 14.6. The van der Waals surface area contributed by atoms with Crippen LogP contribution in [-0.4, -0.2) is 180 Å². The lowest BCUT2D eigenvalue weighted by atomic mass is 9.99. The molecule has 102 heavy (non-hydrogen) atoms. The summed E-state index contributed by atoms with van der Waals surface area (Å²) in [5.41, 5.74) is 11.0. The van der Waals surface area contributed by atoms with Crippen LogP contribution in [0.1, 0.15) is 90.1 Å². The first kappa shape index (κ1) is 70.8. The normalized spacial score (nSPS) is 15.8. The number of nitrogens with zero attached hydrogens (tertiary/aromatic N) is 19. The van der Waals surface area contributed by atoms with Crippen molar-refractivity contribution in [2.75, 3.05) is 118 Å². The van der Waals surface area contributed by atoms with Gasteiger partial charge in [-0.3, -0.25) is 24.8 Å². The van der Waals surface area contributed by atoms with E-state index in [2.05, 4.69) is 145 Å². The van der Waals surface area contributed by atoms with Crippen LogP contribution < -0.4 is 35.5 Å². The Morgan fingerprint density at radius 3 is 1.79 bits per heavy atom. The molecule has 3 fully saturated rings. The summed E-state index contributed by atoms with van der Waals surface area (Å²) in [4.78, 5) is 80.7. The second-order valence-corrected chi connectivity index (χ2v) is 26.1. The first-order chi connectivity index (χ1) is 49.7. The van der Waals surface area contributed by atoms with E-state index in [1.165, 1.54) is 48.8 Å². The van der Waals surface area contributed by atoms with E-state index in [0.29, 0.717) is 65.5 Å². The summed E-state index contributed by atoms with van der Waals surface area (Å²) < 4.78 is 74.1. The third-order valence-electron chi connectivity index (χ3n) is 17.3. The molecule has 0 spiro atoms. The van der Waals surface area contributed by atoms with Crippen molar-refractivity contribution >= 4 is 118 Å². The smallest absolute Gasteiger partial charge is 0.203 e. The van der Waals surface area contributed by atoms with Gasteiger partial charge in [0, 0.05) is 70.9 Å². The van der Waals surface area contributed by atoms with Gasteiger partial charge in [0.05, 0.1) is 134 Å². The van der Waals surface area contributed by atoms with Crippen LogP contribution in [0.2, 0.25) is 0 Å². The van der Waals surface area contributed by atoms with E-state index in [1.54, 1.807) is 56.1 Å². The maximum Gasteiger partial charge on any atom is 0.203 e. The standard InChI is InChI=1S/C23H16F2IN5O2.C19H21FN4O2.C11H14N4O.C10H12N4O.C7H7IN4/c1-11(31-23-18(21(26)30-31)22(27-2)28-10-29-23)20-16(12-5-3-6-13(24)9-12)19(32)17-14(25)7-4-8-15(17)33-20;1-12(2)26-16-4-3-13(9-14(16)20)18-17-15(10-21-18)22-11-23-19(17)24-5-7-25-8-6-24;1-8-10-9(6-12-8)13-7-14-11(10)15-2-4-16-5-3-15;1-3-15-4-2-14(1)10-8-5-11-6-9(8)12-7-13-10;1-9-7-5-4(11-3-12-7)2-10-6(5)8/h3-11H,1-2H3,(H,27,28,29);3-4,9,11-12H,5-8,10H2,1-2H3;7H,2-6H2,1H3;5,7H,1-4,6H2;3H,2H2,1H3,(H,9,11,12). The molecule has 7 aromatic heterocycles. The van der Waals surface area contributed by atoms with E-state index >= 15 is 0 Å². The zero-order chi connectivity index (χ0) is 71.0. The molecule has 3 saturated heterocycles. The van der Waals surface area contributed by atoms with Crippen molar-refractivity contribution < 1.29 is 36.5 Å². The molecule has 526 valence electrons. The van der Waals surface area contributed by atoms with Gasteiger partial charge >= 0.3 is 0 Å². The van der Waals surface area contributed by atoms with Crippen LogP contribution in [0.4, 0.5) is 42.3 Å². The summed E-state index contributed by atoms with van der Waals surface area (Å²) >= 11 is 4.29. The highest BCUT2D eigenvalue weighted by Gasteiger charge is 2.31. The lowest BCUT2D eigenvalue weighted by Gasteiger charge is -2.29. The molecule has 0 saturated carbocycles. The summed E-state index contributed by atoms with van der Waals surface area (Å²) in [7, 11) is 3.60. The number of benzene rings is 3. The van der Waals surface area contributed by atoms with Gasteiger partial charge in [-0.1, -0.05) is 18.2 Å². The van der Waals surface area contributed by atoms with Crippen molar-refractivity contribution in [3.8, 4) is 16.9 Å². The summed E-state index contributed by atoms with van der Waals surface area (Å²) in [6.45, 7) is 19.7. The fourth-order valence-electron chi connectivity index (χ4n) is 12.5. The Labute approximate surface area is 611 Å². The van der Waals surface area contributed by atoms with E-state index in [9.17, 15) is 18.0 Å². The highest BCUT2D eigenvalue weighted by molar-refractivity contribution is 14.1. The molecule has 17 rings (SSSR count). The molecule has 14 heterocycles. The van der Waals surface area contributed by atoms with Gasteiger partial charge in [-0.2, -0.15) is 5.10 Å². The van der Waals surface area contributed by atoms with Gasteiger partial charge in [-0.15, -0.1) is 0 Å². The van der Waals surface area contributed by atoms with Crippen molar-refractivity contribution in [1.29, 1.82) is 0 Å². The Balaban J connectivity index is 0.000000119. The molecule has 10 aromatic rings. The summed E-state index contributed by atoms with van der Waals surface area (Å²) in [6, 6.07) is 14.1. The monoisotopic (exact) mass is 1610 g/mol. The number of aromatic nitrogens is 12. The van der Waals surface area contributed by atoms with Crippen LogP contribution in [0.25, 0.3) is 33.1 Å². The molecular formula is C70H70F3I2N21O6. The van der Waals surface area contributed by atoms with Crippen molar-refractivity contribution in [1.82, 2.24) is 59.6 Å². The van der Waals surface area contributed by atoms with Crippen LogP contribution in [0.3, 0.4) is 0 Å². The predicted octanol–water partition coefficient (Wildman–Crippen LogP) is 9.82. The van der Waals surface area contributed by atoms with Crippen LogP contribution in [-0.2, 0) is 40.4 Å². The minimum Gasteiger partial charge on any atom is -0.488 e. The van der Waals surface area contributed by atoms with Gasteiger partial charge in [-0.25, -0.2) is 67.7 Å². The average molecular weight is 1610 g/mol. The highest BCUT2D eigenvalue weighted by atomic mass is 127. The minimum absolute atomic E-state index is 0.0705. The topological polar surface area (TPSA) is 297 Å². The molecule has 7 aliphatic rings. The van der Waals surface area contributed by atoms with Crippen LogP contribution in [0, 0.1) is 21.2 Å². The Morgan fingerprint density at radius 2 is 1.14 bits per heavy atom. The van der Waals surface area contributed by atoms with Crippen LogP contribution >= 0.6 is 45.2 Å². The van der Waals surface area contributed by atoms with Gasteiger partial charge in [0.2, 0.25) is 5.43 Å². The van der Waals surface area contributed by atoms with E-state index in [0.717, 1.165) is 149 Å². The number of fused-ring (bicyclic) bond motifs is 6. The van der Waals surface area contributed by atoms with Gasteiger partial charge in [0.15, 0.2) is 17.2 Å². The molecule has 0 aliphatic carbocycles.